The zero-order valence-electron chi connectivity index (χ0n) is 16.2. The van der Waals surface area contributed by atoms with Crippen molar-refractivity contribution >= 4 is 6.02 Å². The maximum absolute atomic E-state index is 9.16. The number of nitrogens with two attached hydrogens (primary N) is 1. The first-order chi connectivity index (χ1) is 13.6. The summed E-state index contributed by atoms with van der Waals surface area (Å²) in [6.45, 7) is 3.31. The van der Waals surface area contributed by atoms with Crippen molar-refractivity contribution < 1.29 is 14.2 Å². The standard InChI is InChI=1S/C22H25N3O3/c1-3-27-10-9-18-13-20(25-22(24)26-2)19-12-17(7-8-21(19)28-18)16-6-4-5-15(11-16)14-23/h4-8,11-12,18,20H,3,9-10,13H2,1-2H3,(H2,24,25)/t18-,20?/m0/s1. The van der Waals surface area contributed by atoms with Gasteiger partial charge >= 0.3 is 0 Å². The molecule has 6 heteroatoms. The highest BCUT2D eigenvalue weighted by Crippen LogP contribution is 2.40. The van der Waals surface area contributed by atoms with Crippen molar-refractivity contribution in [2.24, 2.45) is 10.7 Å². The smallest absolute Gasteiger partial charge is 0.282 e. The van der Waals surface area contributed by atoms with Crippen LogP contribution in [-0.2, 0) is 9.47 Å². The van der Waals surface area contributed by atoms with Gasteiger partial charge in [-0.05, 0) is 42.3 Å². The van der Waals surface area contributed by atoms with Crippen LogP contribution in [0.5, 0.6) is 5.75 Å². The predicted molar refractivity (Wildman–Crippen MR) is 108 cm³/mol. The van der Waals surface area contributed by atoms with Gasteiger partial charge in [-0.1, -0.05) is 18.2 Å². The van der Waals surface area contributed by atoms with E-state index in [-0.39, 0.29) is 18.2 Å². The summed E-state index contributed by atoms with van der Waals surface area (Å²) >= 11 is 0. The van der Waals surface area contributed by atoms with Crippen LogP contribution in [0.2, 0.25) is 0 Å². The quantitative estimate of drug-likeness (QED) is 0.468. The van der Waals surface area contributed by atoms with Crippen molar-refractivity contribution in [1.82, 2.24) is 0 Å². The molecule has 2 aromatic rings. The van der Waals surface area contributed by atoms with Crippen LogP contribution in [0.15, 0.2) is 47.5 Å². The van der Waals surface area contributed by atoms with E-state index in [1.54, 1.807) is 6.07 Å². The number of benzene rings is 2. The van der Waals surface area contributed by atoms with Crippen molar-refractivity contribution in [2.75, 3.05) is 20.3 Å². The zero-order chi connectivity index (χ0) is 19.9. The van der Waals surface area contributed by atoms with Crippen molar-refractivity contribution in [3.8, 4) is 22.9 Å². The van der Waals surface area contributed by atoms with E-state index in [0.717, 1.165) is 28.9 Å². The van der Waals surface area contributed by atoms with Crippen molar-refractivity contribution in [3.63, 3.8) is 0 Å². The number of fused-ring (bicyclic) bond motifs is 1. The van der Waals surface area contributed by atoms with Crippen molar-refractivity contribution in [2.45, 2.75) is 31.9 Å². The molecule has 0 bridgehead atoms. The van der Waals surface area contributed by atoms with Crippen molar-refractivity contribution in [1.29, 1.82) is 5.26 Å². The molecule has 0 fully saturated rings. The van der Waals surface area contributed by atoms with Gasteiger partial charge in [0.25, 0.3) is 6.02 Å². The molecular formula is C22H25N3O3. The number of hydrogen-bond acceptors (Lipinski definition) is 5. The minimum absolute atomic E-state index is 0.00484. The van der Waals surface area contributed by atoms with Gasteiger partial charge in [-0.2, -0.15) is 5.26 Å². The van der Waals surface area contributed by atoms with Crippen LogP contribution in [0.1, 0.15) is 36.9 Å². The van der Waals surface area contributed by atoms with Crippen LogP contribution in [0.25, 0.3) is 11.1 Å². The number of ether oxygens (including phenoxy) is 3. The summed E-state index contributed by atoms with van der Waals surface area (Å²) in [5.41, 5.74) is 9.41. The molecule has 0 radical (unpaired) electrons. The molecule has 1 aliphatic heterocycles. The summed E-state index contributed by atoms with van der Waals surface area (Å²) < 4.78 is 16.7. The maximum atomic E-state index is 9.16. The highest BCUT2D eigenvalue weighted by atomic mass is 16.5. The Balaban J connectivity index is 1.94. The van der Waals surface area contributed by atoms with Gasteiger partial charge in [0, 0.05) is 25.0 Å². The van der Waals surface area contributed by atoms with Crippen molar-refractivity contribution in [3.05, 3.63) is 53.6 Å². The minimum atomic E-state index is -0.158. The van der Waals surface area contributed by atoms with E-state index in [9.17, 15) is 0 Å². The van der Waals surface area contributed by atoms with Crippen LogP contribution in [-0.4, -0.2) is 32.4 Å². The molecule has 1 aliphatic rings. The second-order valence-corrected chi connectivity index (χ2v) is 6.59. The summed E-state index contributed by atoms with van der Waals surface area (Å²) in [6.07, 6.45) is 1.49. The molecule has 0 aliphatic carbocycles. The number of aliphatic imine (C=N–C) groups is 1. The van der Waals surface area contributed by atoms with Gasteiger partial charge in [0.1, 0.15) is 11.9 Å². The molecule has 0 saturated heterocycles. The number of rotatable bonds is 6. The van der Waals surface area contributed by atoms with E-state index in [1.165, 1.54) is 7.11 Å². The van der Waals surface area contributed by atoms with Crippen LogP contribution >= 0.6 is 0 Å². The van der Waals surface area contributed by atoms with Gasteiger partial charge in [-0.3, -0.25) is 0 Å². The highest BCUT2D eigenvalue weighted by Gasteiger charge is 2.29. The Kier molecular flexibility index (Phi) is 6.51. The molecule has 2 atom stereocenters. The average molecular weight is 379 g/mol. The molecule has 0 saturated carbocycles. The maximum Gasteiger partial charge on any atom is 0.282 e. The molecule has 0 aromatic heterocycles. The summed E-state index contributed by atoms with van der Waals surface area (Å²) in [4.78, 5) is 4.54. The van der Waals surface area contributed by atoms with Gasteiger partial charge in [0.2, 0.25) is 0 Å². The fourth-order valence-electron chi connectivity index (χ4n) is 3.33. The third kappa shape index (κ3) is 4.62. The van der Waals surface area contributed by atoms with Gasteiger partial charge in [0.05, 0.1) is 31.4 Å². The number of amidine groups is 1. The minimum Gasteiger partial charge on any atom is -0.490 e. The first-order valence-electron chi connectivity index (χ1n) is 9.40. The van der Waals surface area contributed by atoms with E-state index in [4.69, 9.17) is 25.2 Å². The monoisotopic (exact) mass is 379 g/mol. The average Bonchev–Trinajstić information content (AvgIpc) is 2.73. The van der Waals surface area contributed by atoms with Crippen LogP contribution in [0.4, 0.5) is 0 Å². The molecule has 2 aromatic carbocycles. The van der Waals surface area contributed by atoms with E-state index in [1.807, 2.05) is 37.3 Å². The molecular weight excluding hydrogens is 354 g/mol. The second-order valence-electron chi connectivity index (χ2n) is 6.59. The Morgan fingerprint density at radius 2 is 2.11 bits per heavy atom. The molecule has 1 heterocycles. The number of nitriles is 1. The topological polar surface area (TPSA) is 89.9 Å². The lowest BCUT2D eigenvalue weighted by Gasteiger charge is -2.31. The third-order valence-electron chi connectivity index (χ3n) is 4.75. The summed E-state index contributed by atoms with van der Waals surface area (Å²) in [5.74, 6) is 0.797. The first-order valence-corrected chi connectivity index (χ1v) is 9.40. The van der Waals surface area contributed by atoms with E-state index in [2.05, 4.69) is 17.1 Å². The Morgan fingerprint density at radius 3 is 2.86 bits per heavy atom. The highest BCUT2D eigenvalue weighted by molar-refractivity contribution is 5.72. The second kappa shape index (κ2) is 9.25. The van der Waals surface area contributed by atoms with Gasteiger partial charge in [0.15, 0.2) is 0 Å². The molecule has 3 rings (SSSR count). The van der Waals surface area contributed by atoms with E-state index < -0.39 is 0 Å². The normalized spacial score (nSPS) is 18.7. The summed E-state index contributed by atoms with van der Waals surface area (Å²) in [7, 11) is 1.51. The Bertz CT molecular complexity index is 889. The molecule has 6 nitrogen and oxygen atoms in total. The van der Waals surface area contributed by atoms with E-state index >= 15 is 0 Å². The Hall–Kier alpha value is -3.04. The van der Waals surface area contributed by atoms with E-state index in [0.29, 0.717) is 25.2 Å². The fourth-order valence-corrected chi connectivity index (χ4v) is 3.33. The lowest BCUT2D eigenvalue weighted by molar-refractivity contribution is 0.0847. The Labute approximate surface area is 165 Å². The summed E-state index contributed by atoms with van der Waals surface area (Å²) in [6, 6.07) is 15.7. The van der Waals surface area contributed by atoms with Crippen LogP contribution in [0, 0.1) is 11.3 Å². The lowest BCUT2D eigenvalue weighted by Crippen LogP contribution is -2.28. The van der Waals surface area contributed by atoms with Crippen LogP contribution in [0.3, 0.4) is 0 Å². The molecule has 2 N–H and O–H groups in total. The molecule has 28 heavy (non-hydrogen) atoms. The molecule has 1 unspecified atom stereocenters. The van der Waals surface area contributed by atoms with Gasteiger partial charge < -0.3 is 19.9 Å². The molecule has 0 amide bonds. The van der Waals surface area contributed by atoms with Gasteiger partial charge in [-0.15, -0.1) is 0 Å². The predicted octanol–water partition coefficient (Wildman–Crippen LogP) is 3.81. The number of methoxy groups -OCH3 is 1. The summed E-state index contributed by atoms with van der Waals surface area (Å²) in [5, 5.41) is 9.16. The van der Waals surface area contributed by atoms with Gasteiger partial charge in [-0.25, -0.2) is 4.99 Å². The number of hydrogen-bond donors (Lipinski definition) is 1. The zero-order valence-corrected chi connectivity index (χ0v) is 16.2. The lowest BCUT2D eigenvalue weighted by atomic mass is 9.92. The first kappa shape index (κ1) is 19.7. The SMILES string of the molecule is CCOCC[C@H]1CC(N=C(N)OC)c2cc(-c3cccc(C#N)c3)ccc2O1. The Morgan fingerprint density at radius 1 is 1.29 bits per heavy atom. The molecule has 146 valence electrons. The fraction of sp³-hybridized carbons (Fsp3) is 0.364. The largest absolute Gasteiger partial charge is 0.490 e. The van der Waals surface area contributed by atoms with Crippen LogP contribution < -0.4 is 10.5 Å². The molecule has 0 spiro atoms. The number of nitrogens with zero attached hydrogens (tertiary/aromatic N) is 2. The third-order valence-corrected chi connectivity index (χ3v) is 4.75.